The van der Waals surface area contributed by atoms with E-state index >= 15 is 0 Å². The minimum absolute atomic E-state index is 0.00883. The number of aromatic nitrogens is 1. The fourth-order valence-electron chi connectivity index (χ4n) is 2.24. The first-order valence-electron chi connectivity index (χ1n) is 6.47. The Morgan fingerprint density at radius 3 is 2.80 bits per heavy atom. The zero-order valence-corrected chi connectivity index (χ0v) is 11.8. The predicted molar refractivity (Wildman–Crippen MR) is 68.4 cm³/mol. The van der Waals surface area contributed by atoms with Crippen molar-refractivity contribution < 1.29 is 24.0 Å². The van der Waals surface area contributed by atoms with Gasteiger partial charge in [-0.2, -0.15) is 0 Å². The highest BCUT2D eigenvalue weighted by Gasteiger charge is 2.37. The van der Waals surface area contributed by atoms with Crippen LogP contribution >= 0.6 is 0 Å². The quantitative estimate of drug-likeness (QED) is 0.895. The Bertz CT molecular complexity index is 517. The third kappa shape index (κ3) is 2.92. The van der Waals surface area contributed by atoms with E-state index in [1.165, 1.54) is 4.90 Å². The lowest BCUT2D eigenvalue weighted by molar-refractivity contribution is 0.0217. The second-order valence-corrected chi connectivity index (χ2v) is 5.75. The molecule has 110 valence electrons. The summed E-state index contributed by atoms with van der Waals surface area (Å²) in [6.45, 7) is 5.88. The molecule has 7 nitrogen and oxygen atoms in total. The molecule has 20 heavy (non-hydrogen) atoms. The van der Waals surface area contributed by atoms with E-state index in [2.05, 4.69) is 5.16 Å². The SMILES string of the molecule is CC(C)(C)OC(=O)N1CCC[C@H]1c1nocc1C(=O)O. The minimum atomic E-state index is -1.11. The average molecular weight is 282 g/mol. The van der Waals surface area contributed by atoms with Crippen LogP contribution in [0.5, 0.6) is 0 Å². The largest absolute Gasteiger partial charge is 0.478 e. The van der Waals surface area contributed by atoms with Crippen LogP contribution in [-0.2, 0) is 4.74 Å². The van der Waals surface area contributed by atoms with Crippen molar-refractivity contribution in [2.24, 2.45) is 0 Å². The highest BCUT2D eigenvalue weighted by Crippen LogP contribution is 2.34. The molecule has 1 N–H and O–H groups in total. The monoisotopic (exact) mass is 282 g/mol. The number of hydrogen-bond donors (Lipinski definition) is 1. The Balaban J connectivity index is 2.21. The van der Waals surface area contributed by atoms with Gasteiger partial charge in [-0.05, 0) is 33.6 Å². The minimum Gasteiger partial charge on any atom is -0.478 e. The van der Waals surface area contributed by atoms with E-state index in [0.717, 1.165) is 12.7 Å². The Morgan fingerprint density at radius 1 is 1.50 bits per heavy atom. The Labute approximate surface area is 116 Å². The van der Waals surface area contributed by atoms with Crippen LogP contribution in [0.4, 0.5) is 4.79 Å². The molecule has 0 aromatic carbocycles. The highest BCUT2D eigenvalue weighted by molar-refractivity contribution is 5.88. The molecule has 1 atom stereocenters. The number of carboxylic acids is 1. The van der Waals surface area contributed by atoms with Gasteiger partial charge >= 0.3 is 12.1 Å². The number of hydrogen-bond acceptors (Lipinski definition) is 5. The van der Waals surface area contributed by atoms with Gasteiger partial charge in [0.25, 0.3) is 0 Å². The zero-order valence-electron chi connectivity index (χ0n) is 11.8. The highest BCUT2D eigenvalue weighted by atomic mass is 16.6. The lowest BCUT2D eigenvalue weighted by Gasteiger charge is -2.27. The molecule has 2 heterocycles. The number of likely N-dealkylation sites (tertiary alicyclic amines) is 1. The molecular formula is C13H18N2O5. The van der Waals surface area contributed by atoms with Gasteiger partial charge in [-0.3, -0.25) is 4.90 Å². The van der Waals surface area contributed by atoms with Crippen molar-refractivity contribution in [3.63, 3.8) is 0 Å². The molecule has 0 unspecified atom stereocenters. The maximum Gasteiger partial charge on any atom is 0.410 e. The first-order valence-corrected chi connectivity index (χ1v) is 6.47. The van der Waals surface area contributed by atoms with Crippen molar-refractivity contribution >= 4 is 12.1 Å². The van der Waals surface area contributed by atoms with E-state index in [4.69, 9.17) is 14.4 Å². The van der Waals surface area contributed by atoms with Crippen molar-refractivity contribution in [1.82, 2.24) is 10.1 Å². The third-order valence-electron chi connectivity index (χ3n) is 3.02. The molecule has 1 aromatic rings. The molecule has 1 aliphatic rings. The molecule has 0 radical (unpaired) electrons. The summed E-state index contributed by atoms with van der Waals surface area (Å²) in [5.74, 6) is -1.11. The Hall–Kier alpha value is -2.05. The maximum atomic E-state index is 12.1. The van der Waals surface area contributed by atoms with Crippen LogP contribution in [-0.4, -0.2) is 39.4 Å². The summed E-state index contributed by atoms with van der Waals surface area (Å²) in [5, 5.41) is 12.8. The topological polar surface area (TPSA) is 92.9 Å². The molecule has 0 saturated carbocycles. The van der Waals surface area contributed by atoms with Gasteiger partial charge in [0.2, 0.25) is 0 Å². The second kappa shape index (κ2) is 5.15. The zero-order chi connectivity index (χ0) is 14.9. The number of amides is 1. The van der Waals surface area contributed by atoms with Crippen LogP contribution in [0.1, 0.15) is 55.7 Å². The smallest absolute Gasteiger partial charge is 0.410 e. The number of rotatable bonds is 2. The fourth-order valence-corrected chi connectivity index (χ4v) is 2.24. The summed E-state index contributed by atoms with van der Waals surface area (Å²) in [7, 11) is 0. The number of carboxylic acid groups (broad SMARTS) is 1. The Morgan fingerprint density at radius 2 is 2.20 bits per heavy atom. The fraction of sp³-hybridized carbons (Fsp3) is 0.615. The molecule has 1 fully saturated rings. The van der Waals surface area contributed by atoms with Crippen molar-refractivity contribution in [2.45, 2.75) is 45.3 Å². The van der Waals surface area contributed by atoms with Crippen LogP contribution in [0, 0.1) is 0 Å². The molecule has 7 heteroatoms. The van der Waals surface area contributed by atoms with Gasteiger partial charge in [0.15, 0.2) is 0 Å². The number of nitrogens with zero attached hydrogens (tertiary/aromatic N) is 2. The van der Waals surface area contributed by atoms with Crippen LogP contribution < -0.4 is 0 Å². The second-order valence-electron chi connectivity index (χ2n) is 5.75. The van der Waals surface area contributed by atoms with Crippen molar-refractivity contribution in [1.29, 1.82) is 0 Å². The number of ether oxygens (including phenoxy) is 1. The maximum absolute atomic E-state index is 12.1. The van der Waals surface area contributed by atoms with E-state index in [9.17, 15) is 9.59 Å². The van der Waals surface area contributed by atoms with Gasteiger partial charge in [-0.15, -0.1) is 0 Å². The predicted octanol–water partition coefficient (Wildman–Crippen LogP) is 2.44. The van der Waals surface area contributed by atoms with Crippen LogP contribution in [0.25, 0.3) is 0 Å². The lowest BCUT2D eigenvalue weighted by atomic mass is 10.1. The van der Waals surface area contributed by atoms with Gasteiger partial charge in [-0.1, -0.05) is 5.16 Å². The summed E-state index contributed by atoms with van der Waals surface area (Å²) < 4.78 is 10.1. The number of carbonyl (C=O) groups is 2. The molecule has 1 aromatic heterocycles. The summed E-state index contributed by atoms with van der Waals surface area (Å²) in [4.78, 5) is 24.8. The molecule has 0 spiro atoms. The molecule has 1 saturated heterocycles. The summed E-state index contributed by atoms with van der Waals surface area (Å²) in [6, 6.07) is -0.408. The van der Waals surface area contributed by atoms with Gasteiger partial charge in [-0.25, -0.2) is 9.59 Å². The van der Waals surface area contributed by atoms with E-state index < -0.39 is 23.7 Å². The first-order chi connectivity index (χ1) is 9.29. The summed E-state index contributed by atoms with van der Waals surface area (Å²) >= 11 is 0. The standard InChI is InChI=1S/C13H18N2O5/c1-13(2,3)20-12(18)15-6-4-5-9(15)10-8(11(16)17)7-19-14-10/h7,9H,4-6H2,1-3H3,(H,16,17)/t9-/m0/s1. The summed E-state index contributed by atoms with van der Waals surface area (Å²) in [5.41, 5.74) is -0.324. The van der Waals surface area contributed by atoms with Gasteiger partial charge in [0, 0.05) is 6.54 Å². The number of carbonyl (C=O) groups excluding carboxylic acids is 1. The van der Waals surface area contributed by atoms with Crippen LogP contribution in [0.15, 0.2) is 10.8 Å². The van der Waals surface area contributed by atoms with E-state index in [1.54, 1.807) is 20.8 Å². The Kier molecular flexibility index (Phi) is 3.69. The third-order valence-corrected chi connectivity index (χ3v) is 3.02. The van der Waals surface area contributed by atoms with Gasteiger partial charge < -0.3 is 14.4 Å². The molecule has 1 aliphatic heterocycles. The molecule has 1 amide bonds. The van der Waals surface area contributed by atoms with Crippen LogP contribution in [0.3, 0.4) is 0 Å². The molecular weight excluding hydrogens is 264 g/mol. The normalized spacial score (nSPS) is 19.1. The van der Waals surface area contributed by atoms with Crippen molar-refractivity contribution in [3.8, 4) is 0 Å². The van der Waals surface area contributed by atoms with E-state index in [0.29, 0.717) is 13.0 Å². The van der Waals surface area contributed by atoms with E-state index in [-0.39, 0.29) is 11.3 Å². The molecule has 2 rings (SSSR count). The average Bonchev–Trinajstić information content (AvgIpc) is 2.95. The molecule has 0 bridgehead atoms. The summed E-state index contributed by atoms with van der Waals surface area (Å²) in [6.07, 6.45) is 2.05. The van der Waals surface area contributed by atoms with Crippen molar-refractivity contribution in [3.05, 3.63) is 17.5 Å². The molecule has 0 aliphatic carbocycles. The van der Waals surface area contributed by atoms with Gasteiger partial charge in [0.05, 0.1) is 6.04 Å². The van der Waals surface area contributed by atoms with Crippen molar-refractivity contribution in [2.75, 3.05) is 6.54 Å². The van der Waals surface area contributed by atoms with Gasteiger partial charge in [0.1, 0.15) is 23.1 Å². The lowest BCUT2D eigenvalue weighted by Crippen LogP contribution is -2.36. The van der Waals surface area contributed by atoms with E-state index in [1.807, 2.05) is 0 Å². The van der Waals surface area contributed by atoms with Crippen LogP contribution in [0.2, 0.25) is 0 Å². The first kappa shape index (κ1) is 14.4. The number of aromatic carboxylic acids is 1.